The summed E-state index contributed by atoms with van der Waals surface area (Å²) >= 11 is 5.93. The lowest BCUT2D eigenvalue weighted by atomic mass is 9.98. The molecule has 28 heavy (non-hydrogen) atoms. The number of aromatic nitrogens is 1. The van der Waals surface area contributed by atoms with Gasteiger partial charge in [0.1, 0.15) is 0 Å². The summed E-state index contributed by atoms with van der Waals surface area (Å²) in [6, 6.07) is 1.65. The first-order valence-corrected chi connectivity index (χ1v) is 7.95. The zero-order valence-electron chi connectivity index (χ0n) is 14.2. The number of carbonyl (C=O) groups is 2. The molecular weight excluding hydrogens is 416 g/mol. The maximum atomic E-state index is 13.3. The van der Waals surface area contributed by atoms with E-state index in [0.717, 1.165) is 10.6 Å². The van der Waals surface area contributed by atoms with Crippen LogP contribution >= 0.6 is 11.6 Å². The quantitative estimate of drug-likeness (QED) is 0.543. The minimum Gasteiger partial charge on any atom is -0.481 e. The summed E-state index contributed by atoms with van der Waals surface area (Å²) in [5, 5.41) is 8.93. The number of rotatable bonds is 4. The number of carboxylic acids is 1. The lowest BCUT2D eigenvalue weighted by Crippen LogP contribution is -2.19. The third-order valence-electron chi connectivity index (χ3n) is 4.14. The maximum Gasteiger partial charge on any atom is 0.417 e. The van der Waals surface area contributed by atoms with Gasteiger partial charge in [-0.25, -0.2) is 0 Å². The largest absolute Gasteiger partial charge is 0.481 e. The molecule has 1 unspecified atom stereocenters. The van der Waals surface area contributed by atoms with Crippen molar-refractivity contribution in [1.82, 2.24) is 4.57 Å². The molecule has 1 aromatic carbocycles. The third kappa shape index (κ3) is 4.01. The van der Waals surface area contributed by atoms with Crippen LogP contribution in [0.2, 0.25) is 5.02 Å². The second-order valence-corrected chi connectivity index (χ2v) is 6.37. The Morgan fingerprint density at radius 1 is 1.07 bits per heavy atom. The molecule has 0 spiro atoms. The Morgan fingerprint density at radius 2 is 1.64 bits per heavy atom. The molecule has 0 radical (unpaired) electrons. The summed E-state index contributed by atoms with van der Waals surface area (Å²) in [7, 11) is 1.23. The molecule has 0 aliphatic rings. The molecule has 0 bridgehead atoms. The molecule has 1 heterocycles. The van der Waals surface area contributed by atoms with Crippen LogP contribution in [0, 0.1) is 0 Å². The molecule has 0 saturated carbocycles. The van der Waals surface area contributed by atoms with E-state index in [2.05, 4.69) is 0 Å². The topological polar surface area (TPSA) is 59.3 Å². The zero-order chi connectivity index (χ0) is 21.6. The van der Waals surface area contributed by atoms with E-state index in [1.807, 2.05) is 0 Å². The molecule has 1 atom stereocenters. The Hall–Kier alpha value is -2.49. The van der Waals surface area contributed by atoms with Gasteiger partial charge in [-0.05, 0) is 31.2 Å². The number of halogens is 7. The van der Waals surface area contributed by atoms with Gasteiger partial charge in [0, 0.05) is 12.6 Å². The standard InChI is InChI=1S/C17H12ClF6NO3/c1-7(15(27)28)13-11(18)6-12(25(13)2)14(26)9-4-3-8(16(19,20)21)5-10(9)17(22,23)24/h3-7H,1-2H3,(H,27,28). The van der Waals surface area contributed by atoms with Crippen LogP contribution in [-0.2, 0) is 24.2 Å². The maximum absolute atomic E-state index is 13.3. The number of alkyl halides is 6. The Balaban J connectivity index is 2.65. The molecule has 4 nitrogen and oxygen atoms in total. The Morgan fingerprint density at radius 3 is 2.11 bits per heavy atom. The minimum atomic E-state index is -5.22. The fourth-order valence-electron chi connectivity index (χ4n) is 2.70. The van der Waals surface area contributed by atoms with Gasteiger partial charge in [-0.3, -0.25) is 9.59 Å². The second kappa shape index (κ2) is 7.16. The van der Waals surface area contributed by atoms with Crippen LogP contribution in [0.4, 0.5) is 26.3 Å². The number of carboxylic acid groups (broad SMARTS) is 1. The molecular formula is C17H12ClF6NO3. The molecule has 0 saturated heterocycles. The van der Waals surface area contributed by atoms with Crippen molar-refractivity contribution in [2.75, 3.05) is 0 Å². The van der Waals surface area contributed by atoms with E-state index in [4.69, 9.17) is 16.7 Å². The number of hydrogen-bond donors (Lipinski definition) is 1. The molecule has 2 rings (SSSR count). The van der Waals surface area contributed by atoms with Crippen molar-refractivity contribution in [1.29, 1.82) is 0 Å². The van der Waals surface area contributed by atoms with Gasteiger partial charge in [-0.15, -0.1) is 0 Å². The number of nitrogens with zero attached hydrogens (tertiary/aromatic N) is 1. The van der Waals surface area contributed by atoms with Gasteiger partial charge in [0.15, 0.2) is 0 Å². The molecule has 0 aliphatic carbocycles. The highest BCUT2D eigenvalue weighted by atomic mass is 35.5. The molecule has 2 aromatic rings. The smallest absolute Gasteiger partial charge is 0.417 e. The fraction of sp³-hybridized carbons (Fsp3) is 0.294. The predicted octanol–water partition coefficient (Wildman–Crippen LogP) is 5.14. The summed E-state index contributed by atoms with van der Waals surface area (Å²) in [4.78, 5) is 23.8. The monoisotopic (exact) mass is 427 g/mol. The van der Waals surface area contributed by atoms with Gasteiger partial charge in [-0.1, -0.05) is 11.6 Å². The summed E-state index contributed by atoms with van der Waals surface area (Å²) < 4.78 is 79.2. The second-order valence-electron chi connectivity index (χ2n) is 5.97. The Bertz CT molecular complexity index is 946. The Labute approximate surface area is 159 Å². The highest BCUT2D eigenvalue weighted by Gasteiger charge is 2.40. The van der Waals surface area contributed by atoms with Crippen molar-refractivity contribution in [3.63, 3.8) is 0 Å². The SMILES string of the molecule is CC(C(=O)O)c1c(Cl)cc(C(=O)c2ccc(C(F)(F)F)cc2C(F)(F)F)n1C. The number of benzene rings is 1. The van der Waals surface area contributed by atoms with Gasteiger partial charge >= 0.3 is 18.3 Å². The van der Waals surface area contributed by atoms with Gasteiger partial charge in [-0.2, -0.15) is 26.3 Å². The van der Waals surface area contributed by atoms with Gasteiger partial charge < -0.3 is 9.67 Å². The first-order valence-electron chi connectivity index (χ1n) is 7.57. The van der Waals surface area contributed by atoms with Crippen molar-refractivity contribution >= 4 is 23.4 Å². The van der Waals surface area contributed by atoms with Crippen LogP contribution in [-0.4, -0.2) is 21.4 Å². The Kier molecular flexibility index (Phi) is 5.57. The molecule has 152 valence electrons. The summed E-state index contributed by atoms with van der Waals surface area (Å²) in [5.41, 5.74) is -4.73. The number of aliphatic carboxylic acids is 1. The number of ketones is 1. The molecule has 0 amide bonds. The van der Waals surface area contributed by atoms with Gasteiger partial charge in [0.2, 0.25) is 5.78 Å². The highest BCUT2D eigenvalue weighted by molar-refractivity contribution is 6.32. The fourth-order valence-corrected chi connectivity index (χ4v) is 3.10. The van der Waals surface area contributed by atoms with Crippen molar-refractivity contribution in [3.05, 3.63) is 57.4 Å². The van der Waals surface area contributed by atoms with E-state index in [9.17, 15) is 35.9 Å². The van der Waals surface area contributed by atoms with Gasteiger partial charge in [0.25, 0.3) is 0 Å². The average Bonchev–Trinajstić information content (AvgIpc) is 2.85. The molecule has 1 aromatic heterocycles. The van der Waals surface area contributed by atoms with Crippen molar-refractivity contribution in [2.45, 2.75) is 25.2 Å². The molecule has 1 N–H and O–H groups in total. The number of carbonyl (C=O) groups excluding carboxylic acids is 1. The minimum absolute atomic E-state index is 0.0296. The van der Waals surface area contributed by atoms with E-state index in [1.54, 1.807) is 0 Å². The van der Waals surface area contributed by atoms with E-state index in [1.165, 1.54) is 14.0 Å². The third-order valence-corrected chi connectivity index (χ3v) is 4.44. The summed E-state index contributed by atoms with van der Waals surface area (Å²) in [5.74, 6) is -3.70. The van der Waals surface area contributed by atoms with Crippen molar-refractivity contribution in [3.8, 4) is 0 Å². The van der Waals surface area contributed by atoms with Gasteiger partial charge in [0.05, 0.1) is 33.5 Å². The highest BCUT2D eigenvalue weighted by Crippen LogP contribution is 2.38. The summed E-state index contributed by atoms with van der Waals surface area (Å²) in [6.45, 7) is 1.26. The lowest BCUT2D eigenvalue weighted by Gasteiger charge is -2.16. The van der Waals surface area contributed by atoms with E-state index in [-0.39, 0.29) is 16.8 Å². The first kappa shape index (κ1) is 21.8. The van der Waals surface area contributed by atoms with Crippen LogP contribution in [0.3, 0.4) is 0 Å². The van der Waals surface area contributed by atoms with Crippen molar-refractivity contribution in [2.24, 2.45) is 7.05 Å². The predicted molar refractivity (Wildman–Crippen MR) is 86.4 cm³/mol. The lowest BCUT2D eigenvalue weighted by molar-refractivity contribution is -0.143. The number of hydrogen-bond acceptors (Lipinski definition) is 2. The van der Waals surface area contributed by atoms with E-state index in [0.29, 0.717) is 12.1 Å². The average molecular weight is 428 g/mol. The van der Waals surface area contributed by atoms with Crippen LogP contribution in [0.5, 0.6) is 0 Å². The molecule has 0 fully saturated rings. The van der Waals surface area contributed by atoms with Crippen LogP contribution < -0.4 is 0 Å². The van der Waals surface area contributed by atoms with Crippen LogP contribution in [0.1, 0.15) is 45.7 Å². The normalized spacial score (nSPS) is 13.5. The molecule has 11 heteroatoms. The van der Waals surface area contributed by atoms with Crippen molar-refractivity contribution < 1.29 is 41.0 Å². The van der Waals surface area contributed by atoms with E-state index < -0.39 is 52.4 Å². The van der Waals surface area contributed by atoms with Crippen LogP contribution in [0.25, 0.3) is 0 Å². The molecule has 0 aliphatic heterocycles. The zero-order valence-corrected chi connectivity index (χ0v) is 15.0. The van der Waals surface area contributed by atoms with E-state index >= 15 is 0 Å². The van der Waals surface area contributed by atoms with Crippen LogP contribution in [0.15, 0.2) is 24.3 Å². The summed E-state index contributed by atoms with van der Waals surface area (Å²) in [6.07, 6.45) is -10.3. The first-order chi connectivity index (χ1) is 12.7.